The average molecular weight is 684 g/mol. The molecule has 11 rings (SSSR count). The summed E-state index contributed by atoms with van der Waals surface area (Å²) in [4.78, 5) is 0. The second kappa shape index (κ2) is 10.7. The molecule has 10 aromatic rings. The van der Waals surface area contributed by atoms with Gasteiger partial charge in [-0.3, -0.25) is 0 Å². The van der Waals surface area contributed by atoms with Crippen molar-refractivity contribution in [3.05, 3.63) is 163 Å². The van der Waals surface area contributed by atoms with E-state index in [2.05, 4.69) is 193 Å². The van der Waals surface area contributed by atoms with Crippen molar-refractivity contribution in [2.75, 3.05) is 0 Å². The molecule has 0 unspecified atom stereocenters. The number of nitrogens with zero attached hydrogens (tertiary/aromatic N) is 3. The molecular weight excluding hydrogens is 643 g/mol. The van der Waals surface area contributed by atoms with E-state index in [1.807, 2.05) is 0 Å². The summed E-state index contributed by atoms with van der Waals surface area (Å²) in [6.07, 6.45) is 2.33. The first-order valence-electron chi connectivity index (χ1n) is 19.0. The molecule has 0 saturated carbocycles. The van der Waals surface area contributed by atoms with Gasteiger partial charge in [-0.1, -0.05) is 119 Å². The van der Waals surface area contributed by atoms with Gasteiger partial charge in [-0.15, -0.1) is 0 Å². The van der Waals surface area contributed by atoms with Crippen molar-refractivity contribution >= 4 is 65.4 Å². The number of hydrogen-bond donors (Lipinski definition) is 0. The Morgan fingerprint density at radius 1 is 0.340 bits per heavy atom. The van der Waals surface area contributed by atoms with Gasteiger partial charge in [-0.05, 0) is 95.5 Å². The monoisotopic (exact) mass is 683 g/mol. The summed E-state index contributed by atoms with van der Waals surface area (Å²) in [7, 11) is 0. The highest BCUT2D eigenvalue weighted by Gasteiger charge is 2.38. The van der Waals surface area contributed by atoms with Crippen molar-refractivity contribution in [3.8, 4) is 17.1 Å². The van der Waals surface area contributed by atoms with Crippen LogP contribution in [0.5, 0.6) is 0 Å². The molecule has 0 aliphatic heterocycles. The van der Waals surface area contributed by atoms with Crippen LogP contribution in [-0.2, 0) is 10.8 Å². The lowest BCUT2D eigenvalue weighted by atomic mass is 9.63. The molecular formula is C50H41N3. The van der Waals surface area contributed by atoms with Crippen LogP contribution in [-0.4, -0.2) is 13.7 Å². The molecule has 1 aliphatic carbocycles. The molecule has 0 atom stereocenters. The molecule has 0 fully saturated rings. The number of para-hydroxylation sites is 5. The second-order valence-electron chi connectivity index (χ2n) is 16.4. The minimum atomic E-state index is 0.0570. The molecule has 0 spiro atoms. The van der Waals surface area contributed by atoms with Crippen LogP contribution in [0, 0.1) is 0 Å². The Morgan fingerprint density at radius 3 is 1.06 bits per heavy atom. The molecule has 53 heavy (non-hydrogen) atoms. The predicted molar refractivity (Wildman–Crippen MR) is 225 cm³/mol. The van der Waals surface area contributed by atoms with Gasteiger partial charge in [0.25, 0.3) is 0 Å². The Kier molecular flexibility index (Phi) is 6.19. The van der Waals surface area contributed by atoms with Crippen LogP contribution in [0.15, 0.2) is 152 Å². The van der Waals surface area contributed by atoms with Gasteiger partial charge in [0.05, 0.1) is 44.5 Å². The highest BCUT2D eigenvalue weighted by atomic mass is 15.1. The van der Waals surface area contributed by atoms with E-state index in [9.17, 15) is 0 Å². The zero-order valence-electron chi connectivity index (χ0n) is 30.7. The van der Waals surface area contributed by atoms with E-state index in [1.165, 1.54) is 100 Å². The normalized spacial score (nSPS) is 15.3. The summed E-state index contributed by atoms with van der Waals surface area (Å²) in [6.45, 7) is 9.75. The van der Waals surface area contributed by atoms with Crippen molar-refractivity contribution in [2.24, 2.45) is 0 Å². The number of aromatic nitrogens is 3. The number of rotatable bonds is 3. The van der Waals surface area contributed by atoms with Crippen LogP contribution in [0.4, 0.5) is 0 Å². The molecule has 3 heterocycles. The molecule has 3 aromatic heterocycles. The van der Waals surface area contributed by atoms with Crippen LogP contribution in [0.1, 0.15) is 51.7 Å². The Bertz CT molecular complexity index is 3020. The van der Waals surface area contributed by atoms with E-state index in [0.29, 0.717) is 0 Å². The lowest BCUT2D eigenvalue weighted by molar-refractivity contribution is 0.332. The quantitative estimate of drug-likeness (QED) is 0.176. The Labute approximate surface area is 309 Å². The van der Waals surface area contributed by atoms with Crippen molar-refractivity contribution < 1.29 is 0 Å². The first kappa shape index (κ1) is 30.6. The molecule has 1 aliphatic rings. The summed E-state index contributed by atoms with van der Waals surface area (Å²) in [5.41, 5.74) is 14.0. The molecule has 3 nitrogen and oxygen atoms in total. The van der Waals surface area contributed by atoms with Gasteiger partial charge in [-0.25, -0.2) is 0 Å². The van der Waals surface area contributed by atoms with Gasteiger partial charge >= 0.3 is 0 Å². The largest absolute Gasteiger partial charge is 0.309 e. The third-order valence-corrected chi connectivity index (χ3v) is 12.5. The number of hydrogen-bond acceptors (Lipinski definition) is 0. The standard InChI is InChI=1S/C50H41N3/c1-49(2)27-28-50(3,4)40-31-48(47(30-39(40)49)52-43-22-12-7-17-35(43)36-18-8-13-23-44(36)52)53-45-24-14-9-19-37(45)38-29-32(25-26-46(38)53)51-41-20-10-5-15-33(41)34-16-6-11-21-42(34)51/h5-26,29-31H,27-28H2,1-4H3. The molecule has 3 heteroatoms. The first-order chi connectivity index (χ1) is 25.8. The molecule has 256 valence electrons. The Morgan fingerprint density at radius 2 is 0.660 bits per heavy atom. The third kappa shape index (κ3) is 4.22. The smallest absolute Gasteiger partial charge is 0.0706 e. The van der Waals surface area contributed by atoms with E-state index in [1.54, 1.807) is 0 Å². The van der Waals surface area contributed by atoms with Gasteiger partial charge in [0, 0.05) is 38.0 Å². The van der Waals surface area contributed by atoms with Gasteiger partial charge in [0.15, 0.2) is 0 Å². The Balaban J connectivity index is 1.27. The molecule has 0 amide bonds. The molecule has 0 bridgehead atoms. The molecule has 0 saturated heterocycles. The molecule has 0 N–H and O–H groups in total. The molecule has 0 radical (unpaired) electrons. The molecule has 7 aromatic carbocycles. The fourth-order valence-electron chi connectivity index (χ4n) is 9.69. The maximum absolute atomic E-state index is 2.56. The van der Waals surface area contributed by atoms with Crippen LogP contribution in [0.3, 0.4) is 0 Å². The summed E-state index contributed by atoms with van der Waals surface area (Å²) < 4.78 is 7.52. The average Bonchev–Trinajstić information content (AvgIpc) is 3.82. The van der Waals surface area contributed by atoms with Gasteiger partial charge < -0.3 is 13.7 Å². The Hall–Kier alpha value is -6.06. The predicted octanol–water partition coefficient (Wildman–Crippen LogP) is 13.3. The van der Waals surface area contributed by atoms with E-state index < -0.39 is 0 Å². The van der Waals surface area contributed by atoms with Crippen LogP contribution in [0.25, 0.3) is 82.5 Å². The zero-order chi connectivity index (χ0) is 35.6. The fraction of sp³-hybridized carbons (Fsp3) is 0.160. The topological polar surface area (TPSA) is 14.8 Å². The van der Waals surface area contributed by atoms with Gasteiger partial charge in [0.1, 0.15) is 0 Å². The second-order valence-corrected chi connectivity index (χ2v) is 16.4. The van der Waals surface area contributed by atoms with Gasteiger partial charge in [-0.2, -0.15) is 0 Å². The summed E-state index contributed by atoms with van der Waals surface area (Å²) in [5.74, 6) is 0. The highest BCUT2D eigenvalue weighted by Crippen LogP contribution is 2.49. The van der Waals surface area contributed by atoms with Crippen LogP contribution >= 0.6 is 0 Å². The minimum Gasteiger partial charge on any atom is -0.309 e. The number of benzene rings is 7. The lowest BCUT2D eigenvalue weighted by Crippen LogP contribution is -2.34. The number of fused-ring (bicyclic) bond motifs is 10. The minimum absolute atomic E-state index is 0.0570. The van der Waals surface area contributed by atoms with Crippen LogP contribution < -0.4 is 0 Å². The fourth-order valence-corrected chi connectivity index (χ4v) is 9.69. The summed E-state index contributed by atoms with van der Waals surface area (Å²) >= 11 is 0. The van der Waals surface area contributed by atoms with Crippen molar-refractivity contribution in [1.29, 1.82) is 0 Å². The SMILES string of the molecule is CC1(C)CCC(C)(C)c2cc(-n3c4ccccc4c4cc(-n5c6ccccc6c6ccccc65)ccc43)c(-n3c4ccccc4c4ccccc43)cc21. The maximum atomic E-state index is 2.56. The van der Waals surface area contributed by atoms with Crippen molar-refractivity contribution in [1.82, 2.24) is 13.7 Å². The van der Waals surface area contributed by atoms with Crippen LogP contribution in [0.2, 0.25) is 0 Å². The summed E-state index contributed by atoms with van der Waals surface area (Å²) in [5, 5.41) is 7.64. The van der Waals surface area contributed by atoms with E-state index in [-0.39, 0.29) is 10.8 Å². The van der Waals surface area contributed by atoms with E-state index >= 15 is 0 Å². The zero-order valence-corrected chi connectivity index (χ0v) is 30.7. The van der Waals surface area contributed by atoms with E-state index in [4.69, 9.17) is 0 Å². The lowest BCUT2D eigenvalue weighted by Gasteiger charge is -2.42. The maximum Gasteiger partial charge on any atom is 0.0706 e. The van der Waals surface area contributed by atoms with Crippen molar-refractivity contribution in [2.45, 2.75) is 51.4 Å². The third-order valence-electron chi connectivity index (χ3n) is 12.5. The van der Waals surface area contributed by atoms with Crippen molar-refractivity contribution in [3.63, 3.8) is 0 Å². The highest BCUT2D eigenvalue weighted by molar-refractivity contribution is 6.13. The first-order valence-corrected chi connectivity index (χ1v) is 19.0. The van der Waals surface area contributed by atoms with E-state index in [0.717, 1.165) is 6.42 Å². The van der Waals surface area contributed by atoms with Gasteiger partial charge in [0.2, 0.25) is 0 Å². The summed E-state index contributed by atoms with van der Waals surface area (Å²) in [6, 6.07) is 56.6.